The predicted octanol–water partition coefficient (Wildman–Crippen LogP) is 3.86. The molecule has 0 atom stereocenters. The van der Waals surface area contributed by atoms with Gasteiger partial charge in [0.1, 0.15) is 0 Å². The first-order valence-corrected chi connectivity index (χ1v) is 4.66. The van der Waals surface area contributed by atoms with Gasteiger partial charge in [-0.25, -0.2) is 0 Å². The summed E-state index contributed by atoms with van der Waals surface area (Å²) < 4.78 is 0. The van der Waals surface area contributed by atoms with Crippen molar-refractivity contribution < 1.29 is 0 Å². The van der Waals surface area contributed by atoms with E-state index in [9.17, 15) is 0 Å². The summed E-state index contributed by atoms with van der Waals surface area (Å²) in [5, 5.41) is 0. The van der Waals surface area contributed by atoms with Gasteiger partial charge in [0, 0.05) is 0 Å². The third-order valence-electron chi connectivity index (χ3n) is 1.80. The molecule has 0 amide bonds. The third-order valence-corrected chi connectivity index (χ3v) is 1.80. The molecule has 0 radical (unpaired) electrons. The van der Waals surface area contributed by atoms with E-state index in [1.165, 1.54) is 25.7 Å². The van der Waals surface area contributed by atoms with Crippen LogP contribution in [0.3, 0.4) is 0 Å². The monoisotopic (exact) mass is 142 g/mol. The van der Waals surface area contributed by atoms with Crippen LogP contribution >= 0.6 is 0 Å². The minimum absolute atomic E-state index is 0.833. The first-order chi connectivity index (χ1) is 4.66. The predicted molar refractivity (Wildman–Crippen MR) is 48.1 cm³/mol. The van der Waals surface area contributed by atoms with E-state index < -0.39 is 0 Å². The Balaban J connectivity index is 0.000000180. The maximum atomic E-state index is 2.28. The molecule has 0 N–H and O–H groups in total. The second-order valence-electron chi connectivity index (χ2n) is 3.94. The lowest BCUT2D eigenvalue weighted by Gasteiger charge is -2.22. The summed E-state index contributed by atoms with van der Waals surface area (Å²) in [6.45, 7) is 8.78. The van der Waals surface area contributed by atoms with Crippen molar-refractivity contribution in [3.63, 3.8) is 0 Å². The first kappa shape index (κ1) is 10.0. The van der Waals surface area contributed by atoms with Gasteiger partial charge in [-0.1, -0.05) is 53.4 Å². The molecule has 0 aliphatic heterocycles. The van der Waals surface area contributed by atoms with Crippen LogP contribution in [0.2, 0.25) is 0 Å². The van der Waals surface area contributed by atoms with Gasteiger partial charge in [0.05, 0.1) is 0 Å². The minimum Gasteiger partial charge on any atom is -0.0651 e. The largest absolute Gasteiger partial charge is 0.0651 e. The van der Waals surface area contributed by atoms with Gasteiger partial charge in [-0.3, -0.25) is 0 Å². The molecule has 1 aliphatic rings. The molecule has 1 rings (SSSR count). The van der Waals surface area contributed by atoms with E-state index in [0.717, 1.165) is 11.8 Å². The summed E-state index contributed by atoms with van der Waals surface area (Å²) in [5.41, 5.74) is 0. The summed E-state index contributed by atoms with van der Waals surface area (Å²) in [4.78, 5) is 0. The average molecular weight is 142 g/mol. The molecule has 0 aromatic carbocycles. The lowest BCUT2D eigenvalue weighted by molar-refractivity contribution is 0.307. The molecule has 0 unspecified atom stereocenters. The van der Waals surface area contributed by atoms with Crippen molar-refractivity contribution >= 4 is 0 Å². The van der Waals surface area contributed by atoms with Crippen molar-refractivity contribution in [1.29, 1.82) is 0 Å². The van der Waals surface area contributed by atoms with E-state index in [0.29, 0.717) is 0 Å². The van der Waals surface area contributed by atoms with Crippen LogP contribution in [0.4, 0.5) is 0 Å². The Morgan fingerprint density at radius 3 is 1.60 bits per heavy atom. The zero-order chi connectivity index (χ0) is 7.98. The Morgan fingerprint density at radius 1 is 1.20 bits per heavy atom. The highest BCUT2D eigenvalue weighted by Crippen LogP contribution is 2.28. The number of rotatable bonds is 1. The fourth-order valence-corrected chi connectivity index (χ4v) is 0.901. The Bertz CT molecular complexity index is 54.9. The van der Waals surface area contributed by atoms with Gasteiger partial charge >= 0.3 is 0 Å². The molecule has 0 aromatic rings. The summed E-state index contributed by atoms with van der Waals surface area (Å²) in [5.74, 6) is 1.95. The molecular weight excluding hydrogens is 120 g/mol. The molecule has 0 heterocycles. The maximum absolute atomic E-state index is 2.28. The van der Waals surface area contributed by atoms with Gasteiger partial charge in [-0.2, -0.15) is 0 Å². The van der Waals surface area contributed by atoms with E-state index in [1.54, 1.807) is 0 Å². The van der Waals surface area contributed by atoms with Crippen molar-refractivity contribution in [2.24, 2.45) is 11.8 Å². The highest BCUT2D eigenvalue weighted by atomic mass is 14.2. The molecule has 10 heavy (non-hydrogen) atoms. The van der Waals surface area contributed by atoms with Crippen LogP contribution in [0, 0.1) is 11.8 Å². The smallest absolute Gasteiger partial charge is 0.0417 e. The molecule has 1 saturated carbocycles. The van der Waals surface area contributed by atoms with Gasteiger partial charge < -0.3 is 0 Å². The summed E-state index contributed by atoms with van der Waals surface area (Å²) >= 11 is 0. The lowest BCUT2D eigenvalue weighted by Crippen LogP contribution is -2.08. The lowest BCUT2D eigenvalue weighted by atomic mass is 9.84. The van der Waals surface area contributed by atoms with Crippen LogP contribution in [-0.2, 0) is 0 Å². The van der Waals surface area contributed by atoms with Crippen molar-refractivity contribution in [2.45, 2.75) is 53.4 Å². The van der Waals surface area contributed by atoms with Crippen LogP contribution < -0.4 is 0 Å². The minimum atomic E-state index is 0.833. The molecule has 1 aliphatic carbocycles. The SMILES string of the molecule is CC(C)C.CCC1CCC1. The molecule has 0 saturated heterocycles. The van der Waals surface area contributed by atoms with E-state index in [2.05, 4.69) is 27.7 Å². The zero-order valence-corrected chi connectivity index (χ0v) is 7.98. The fraction of sp³-hybridized carbons (Fsp3) is 1.00. The van der Waals surface area contributed by atoms with Gasteiger partial charge in [-0.05, 0) is 11.8 Å². The van der Waals surface area contributed by atoms with E-state index in [1.807, 2.05) is 0 Å². The topological polar surface area (TPSA) is 0 Å². The molecule has 0 heteroatoms. The van der Waals surface area contributed by atoms with E-state index >= 15 is 0 Å². The van der Waals surface area contributed by atoms with Crippen LogP contribution in [0.25, 0.3) is 0 Å². The van der Waals surface area contributed by atoms with Crippen LogP contribution in [0.1, 0.15) is 53.4 Å². The fourth-order valence-electron chi connectivity index (χ4n) is 0.901. The Kier molecular flexibility index (Phi) is 5.76. The summed E-state index contributed by atoms with van der Waals surface area (Å²) in [6, 6.07) is 0. The molecule has 0 spiro atoms. The van der Waals surface area contributed by atoms with Gasteiger partial charge in [0.25, 0.3) is 0 Å². The average Bonchev–Trinajstić information content (AvgIpc) is 1.59. The molecule has 1 fully saturated rings. The van der Waals surface area contributed by atoms with E-state index in [-0.39, 0.29) is 0 Å². The highest BCUT2D eigenvalue weighted by molar-refractivity contribution is 4.66. The first-order valence-electron chi connectivity index (χ1n) is 4.66. The Hall–Kier alpha value is 0. The van der Waals surface area contributed by atoms with Gasteiger partial charge in [0.2, 0.25) is 0 Å². The quantitative estimate of drug-likeness (QED) is 0.521. The van der Waals surface area contributed by atoms with Crippen molar-refractivity contribution in [3.05, 3.63) is 0 Å². The summed E-state index contributed by atoms with van der Waals surface area (Å²) in [6.07, 6.45) is 5.94. The van der Waals surface area contributed by atoms with Crippen molar-refractivity contribution in [2.75, 3.05) is 0 Å². The van der Waals surface area contributed by atoms with Crippen LogP contribution in [-0.4, -0.2) is 0 Å². The van der Waals surface area contributed by atoms with E-state index in [4.69, 9.17) is 0 Å². The zero-order valence-electron chi connectivity index (χ0n) is 7.98. The molecule has 62 valence electrons. The number of hydrogen-bond acceptors (Lipinski definition) is 0. The van der Waals surface area contributed by atoms with Crippen LogP contribution in [0.15, 0.2) is 0 Å². The Morgan fingerprint density at radius 2 is 1.60 bits per heavy atom. The molecule has 0 aromatic heterocycles. The second-order valence-corrected chi connectivity index (χ2v) is 3.94. The van der Waals surface area contributed by atoms with Crippen molar-refractivity contribution in [3.8, 4) is 0 Å². The normalized spacial score (nSPS) is 17.7. The van der Waals surface area contributed by atoms with Gasteiger partial charge in [0.15, 0.2) is 0 Å². The molecule has 0 nitrogen and oxygen atoms in total. The summed E-state index contributed by atoms with van der Waals surface area (Å²) in [7, 11) is 0. The van der Waals surface area contributed by atoms with Crippen molar-refractivity contribution in [1.82, 2.24) is 0 Å². The third kappa shape index (κ3) is 6.12. The molecular formula is C10H22. The molecule has 0 bridgehead atoms. The maximum Gasteiger partial charge on any atom is -0.0417 e. The highest BCUT2D eigenvalue weighted by Gasteiger charge is 2.13. The van der Waals surface area contributed by atoms with Gasteiger partial charge in [-0.15, -0.1) is 0 Å². The Labute approximate surface area is 66.0 Å². The number of hydrogen-bond donors (Lipinski definition) is 0. The second kappa shape index (κ2) is 5.76. The van der Waals surface area contributed by atoms with Crippen LogP contribution in [0.5, 0.6) is 0 Å². The standard InChI is InChI=1S/C6H12.C4H10/c1-2-6-4-3-5-6;1-4(2)3/h6H,2-5H2,1H3;4H,1-3H3.